The van der Waals surface area contributed by atoms with Gasteiger partial charge in [-0.2, -0.15) is 0 Å². The summed E-state index contributed by atoms with van der Waals surface area (Å²) < 4.78 is 5.25. The van der Waals surface area contributed by atoms with Crippen molar-refractivity contribution in [1.82, 2.24) is 5.32 Å². The minimum Gasteiger partial charge on any atom is -0.484 e. The van der Waals surface area contributed by atoms with Crippen LogP contribution in [0.25, 0.3) is 0 Å². The molecular formula is C12H16Cl2N2O4. The summed E-state index contributed by atoms with van der Waals surface area (Å²) in [5, 5.41) is 23.8. The summed E-state index contributed by atoms with van der Waals surface area (Å²) in [7, 11) is 0. The Morgan fingerprint density at radius 2 is 2.10 bits per heavy atom. The van der Waals surface area contributed by atoms with Crippen LogP contribution in [0.2, 0.25) is 10.0 Å². The van der Waals surface area contributed by atoms with Gasteiger partial charge in [-0.25, -0.2) is 0 Å². The molecule has 112 valence electrons. The lowest BCUT2D eigenvalue weighted by atomic mass is 10.3. The van der Waals surface area contributed by atoms with Gasteiger partial charge in [0.25, 0.3) is 0 Å². The van der Waals surface area contributed by atoms with Gasteiger partial charge in [0.1, 0.15) is 12.7 Å². The third-order valence-electron chi connectivity index (χ3n) is 2.44. The van der Waals surface area contributed by atoms with Gasteiger partial charge in [-0.3, -0.25) is 10.1 Å². The molecule has 0 aliphatic rings. The quantitative estimate of drug-likeness (QED) is 0.436. The molecular weight excluding hydrogens is 307 g/mol. The molecule has 6 nitrogen and oxygen atoms in total. The second kappa shape index (κ2) is 8.26. The Kier molecular flexibility index (Phi) is 7.01. The highest BCUT2D eigenvalue weighted by atomic mass is 35.5. The van der Waals surface area contributed by atoms with Crippen molar-refractivity contribution in [2.45, 2.75) is 19.4 Å². The number of nitro groups is 1. The summed E-state index contributed by atoms with van der Waals surface area (Å²) >= 11 is 11.5. The van der Waals surface area contributed by atoms with Crippen molar-refractivity contribution in [1.29, 1.82) is 0 Å². The zero-order chi connectivity index (χ0) is 15.1. The van der Waals surface area contributed by atoms with Crippen LogP contribution in [0, 0.1) is 10.1 Å². The fourth-order valence-electron chi connectivity index (χ4n) is 1.47. The molecule has 1 rings (SSSR count). The monoisotopic (exact) mass is 322 g/mol. The molecule has 1 aromatic carbocycles. The van der Waals surface area contributed by atoms with E-state index in [0.717, 1.165) is 19.0 Å². The summed E-state index contributed by atoms with van der Waals surface area (Å²) in [6.45, 7) is 3.07. The smallest absolute Gasteiger partial charge is 0.312 e. The zero-order valence-corrected chi connectivity index (χ0v) is 12.4. The second-order valence-electron chi connectivity index (χ2n) is 4.16. The second-order valence-corrected chi connectivity index (χ2v) is 4.97. The number of nitrogens with one attached hydrogen (secondary N) is 1. The van der Waals surface area contributed by atoms with E-state index in [9.17, 15) is 15.2 Å². The number of benzene rings is 1. The lowest BCUT2D eigenvalue weighted by molar-refractivity contribution is -0.385. The molecule has 0 fully saturated rings. The van der Waals surface area contributed by atoms with Crippen LogP contribution < -0.4 is 10.1 Å². The van der Waals surface area contributed by atoms with Crippen LogP contribution in [0.1, 0.15) is 13.3 Å². The van der Waals surface area contributed by atoms with Crippen molar-refractivity contribution >= 4 is 28.9 Å². The Balaban J connectivity index is 2.67. The van der Waals surface area contributed by atoms with Gasteiger partial charge in [0.15, 0.2) is 5.75 Å². The fourth-order valence-corrected chi connectivity index (χ4v) is 1.78. The van der Waals surface area contributed by atoms with Crippen molar-refractivity contribution in [3.8, 4) is 5.75 Å². The van der Waals surface area contributed by atoms with Crippen molar-refractivity contribution in [3.63, 3.8) is 0 Å². The van der Waals surface area contributed by atoms with Gasteiger partial charge in [-0.15, -0.1) is 0 Å². The number of rotatable bonds is 8. The molecule has 0 radical (unpaired) electrons. The van der Waals surface area contributed by atoms with Gasteiger partial charge in [0.2, 0.25) is 0 Å². The highest BCUT2D eigenvalue weighted by molar-refractivity contribution is 6.42. The van der Waals surface area contributed by atoms with E-state index in [4.69, 9.17) is 27.9 Å². The highest BCUT2D eigenvalue weighted by Crippen LogP contribution is 2.35. The largest absolute Gasteiger partial charge is 0.484 e. The molecule has 0 aromatic heterocycles. The predicted molar refractivity (Wildman–Crippen MR) is 77.8 cm³/mol. The van der Waals surface area contributed by atoms with Crippen LogP contribution in [0.3, 0.4) is 0 Å². The molecule has 20 heavy (non-hydrogen) atoms. The highest BCUT2D eigenvalue weighted by Gasteiger charge is 2.19. The van der Waals surface area contributed by atoms with Crippen LogP contribution in [-0.2, 0) is 0 Å². The van der Waals surface area contributed by atoms with E-state index in [-0.39, 0.29) is 28.1 Å². The number of aliphatic hydroxyl groups excluding tert-OH is 1. The van der Waals surface area contributed by atoms with E-state index in [1.807, 2.05) is 6.92 Å². The minimum atomic E-state index is -0.768. The number of hydrogen-bond acceptors (Lipinski definition) is 5. The number of nitro benzene ring substituents is 1. The minimum absolute atomic E-state index is 0.0149. The number of halogens is 2. The SMILES string of the molecule is CCCNCC(O)COc1cc(Cl)c(Cl)cc1[N+](=O)[O-]. The molecule has 1 unspecified atom stereocenters. The molecule has 8 heteroatoms. The van der Waals surface area contributed by atoms with Gasteiger partial charge < -0.3 is 15.2 Å². The first-order chi connectivity index (χ1) is 9.45. The van der Waals surface area contributed by atoms with Crippen LogP contribution in [0.4, 0.5) is 5.69 Å². The van der Waals surface area contributed by atoms with Gasteiger partial charge in [0, 0.05) is 18.7 Å². The third kappa shape index (κ3) is 5.13. The Morgan fingerprint density at radius 1 is 1.45 bits per heavy atom. The maximum absolute atomic E-state index is 10.9. The summed E-state index contributed by atoms with van der Waals surface area (Å²) in [6.07, 6.45) is 0.182. The molecule has 0 aliphatic heterocycles. The summed E-state index contributed by atoms with van der Waals surface area (Å²) in [6, 6.07) is 2.40. The molecule has 0 spiro atoms. The van der Waals surface area contributed by atoms with Crippen LogP contribution in [-0.4, -0.2) is 35.8 Å². The van der Waals surface area contributed by atoms with E-state index in [1.165, 1.54) is 6.07 Å². The first kappa shape index (κ1) is 17.0. The van der Waals surface area contributed by atoms with Crippen molar-refractivity contribution in [3.05, 3.63) is 32.3 Å². The molecule has 0 amide bonds. The number of hydrogen-bond donors (Lipinski definition) is 2. The molecule has 1 atom stereocenters. The average molecular weight is 323 g/mol. The molecule has 0 aliphatic carbocycles. The summed E-state index contributed by atoms with van der Waals surface area (Å²) in [4.78, 5) is 10.3. The number of nitrogens with zero attached hydrogens (tertiary/aromatic N) is 1. The van der Waals surface area contributed by atoms with E-state index < -0.39 is 11.0 Å². The van der Waals surface area contributed by atoms with Gasteiger partial charge in [0.05, 0.1) is 15.0 Å². The summed E-state index contributed by atoms with van der Waals surface area (Å²) in [5.41, 5.74) is -0.284. The van der Waals surface area contributed by atoms with Gasteiger partial charge >= 0.3 is 5.69 Å². The van der Waals surface area contributed by atoms with Crippen LogP contribution in [0.15, 0.2) is 12.1 Å². The first-order valence-electron chi connectivity index (χ1n) is 6.10. The number of ether oxygens (including phenoxy) is 1. The Hall–Kier alpha value is -1.08. The van der Waals surface area contributed by atoms with E-state index in [2.05, 4.69) is 5.32 Å². The zero-order valence-electron chi connectivity index (χ0n) is 10.9. The van der Waals surface area contributed by atoms with E-state index >= 15 is 0 Å². The number of aliphatic hydroxyl groups is 1. The van der Waals surface area contributed by atoms with Crippen LogP contribution in [0.5, 0.6) is 5.75 Å². The Bertz CT molecular complexity index is 471. The standard InChI is InChI=1S/C12H16Cl2N2O4/c1-2-3-15-6-8(17)7-20-12-5-10(14)9(13)4-11(12)16(18)19/h4-5,8,15,17H,2-3,6-7H2,1H3. The Morgan fingerprint density at radius 3 is 2.70 bits per heavy atom. The molecule has 1 aromatic rings. The Labute approximate surface area is 126 Å². The third-order valence-corrected chi connectivity index (χ3v) is 3.16. The van der Waals surface area contributed by atoms with E-state index in [1.54, 1.807) is 0 Å². The molecule has 0 bridgehead atoms. The molecule has 0 heterocycles. The predicted octanol–water partition coefficient (Wildman–Crippen LogP) is 2.64. The molecule has 0 saturated heterocycles. The van der Waals surface area contributed by atoms with Crippen molar-refractivity contribution in [2.75, 3.05) is 19.7 Å². The maximum Gasteiger partial charge on any atom is 0.312 e. The average Bonchev–Trinajstić information content (AvgIpc) is 2.39. The van der Waals surface area contributed by atoms with Crippen molar-refractivity contribution in [2.24, 2.45) is 0 Å². The first-order valence-corrected chi connectivity index (χ1v) is 6.86. The van der Waals surface area contributed by atoms with Gasteiger partial charge in [-0.05, 0) is 13.0 Å². The fraction of sp³-hybridized carbons (Fsp3) is 0.500. The van der Waals surface area contributed by atoms with Gasteiger partial charge in [-0.1, -0.05) is 30.1 Å². The molecule has 0 saturated carbocycles. The van der Waals surface area contributed by atoms with Crippen molar-refractivity contribution < 1.29 is 14.8 Å². The normalized spacial score (nSPS) is 12.2. The lowest BCUT2D eigenvalue weighted by Gasteiger charge is -2.13. The topological polar surface area (TPSA) is 84.6 Å². The summed E-state index contributed by atoms with van der Waals surface area (Å²) in [5.74, 6) is -0.0149. The molecule has 2 N–H and O–H groups in total. The van der Waals surface area contributed by atoms with E-state index in [0.29, 0.717) is 6.54 Å². The van der Waals surface area contributed by atoms with Crippen LogP contribution >= 0.6 is 23.2 Å². The lowest BCUT2D eigenvalue weighted by Crippen LogP contribution is -2.31. The maximum atomic E-state index is 10.9.